The van der Waals surface area contributed by atoms with Crippen LogP contribution in [0.5, 0.6) is 0 Å². The molecule has 3 heterocycles. The van der Waals surface area contributed by atoms with Crippen LogP contribution in [0.2, 0.25) is 0 Å². The second-order valence-electron chi connectivity index (χ2n) is 8.48. The van der Waals surface area contributed by atoms with Gasteiger partial charge in [-0.3, -0.25) is 14.7 Å². The predicted octanol–water partition coefficient (Wildman–Crippen LogP) is 1.86. The van der Waals surface area contributed by atoms with Crippen molar-refractivity contribution >= 4 is 5.91 Å². The van der Waals surface area contributed by atoms with Crippen molar-refractivity contribution in [1.82, 2.24) is 19.7 Å². The van der Waals surface area contributed by atoms with E-state index in [9.17, 15) is 4.79 Å². The number of piperidine rings is 1. The third-order valence-corrected chi connectivity index (χ3v) is 5.88. The number of pyridine rings is 1. The number of nitrogens with zero attached hydrogens (tertiary/aromatic N) is 4. The molecule has 3 rings (SSSR count). The molecule has 1 aromatic rings. The minimum absolute atomic E-state index is 0.268. The zero-order valence-corrected chi connectivity index (χ0v) is 17.1. The highest BCUT2D eigenvalue weighted by Crippen LogP contribution is 2.24. The first kappa shape index (κ1) is 20.2. The van der Waals surface area contributed by atoms with E-state index in [1.807, 2.05) is 18.5 Å². The highest BCUT2D eigenvalue weighted by Gasteiger charge is 2.39. The normalized spacial score (nSPS) is 22.2. The zero-order valence-electron chi connectivity index (χ0n) is 17.1. The van der Waals surface area contributed by atoms with Gasteiger partial charge in [0.2, 0.25) is 5.91 Å². The lowest BCUT2D eigenvalue weighted by atomic mass is 9.93. The quantitative estimate of drug-likeness (QED) is 0.761. The first-order valence-electron chi connectivity index (χ1n) is 10.2. The van der Waals surface area contributed by atoms with Crippen molar-refractivity contribution in [3.8, 4) is 0 Å². The zero-order chi connectivity index (χ0) is 19.3. The van der Waals surface area contributed by atoms with E-state index in [2.05, 4.69) is 46.6 Å². The van der Waals surface area contributed by atoms with Crippen LogP contribution in [0.3, 0.4) is 0 Å². The molecule has 2 fully saturated rings. The van der Waals surface area contributed by atoms with Gasteiger partial charge < -0.3 is 14.5 Å². The summed E-state index contributed by atoms with van der Waals surface area (Å²) in [5, 5.41) is 0. The molecule has 2 aliphatic heterocycles. The number of likely N-dealkylation sites (tertiary alicyclic amines) is 1. The number of morpholine rings is 1. The molecule has 0 saturated carbocycles. The van der Waals surface area contributed by atoms with Gasteiger partial charge in [0.25, 0.3) is 0 Å². The van der Waals surface area contributed by atoms with E-state index in [4.69, 9.17) is 4.74 Å². The molecule has 1 unspecified atom stereocenters. The van der Waals surface area contributed by atoms with Crippen LogP contribution in [0.4, 0.5) is 0 Å². The first-order chi connectivity index (χ1) is 13.0. The van der Waals surface area contributed by atoms with Crippen molar-refractivity contribution < 1.29 is 9.53 Å². The Balaban J connectivity index is 1.54. The Morgan fingerprint density at radius 1 is 1.33 bits per heavy atom. The summed E-state index contributed by atoms with van der Waals surface area (Å²) in [6, 6.07) is 4.10. The fourth-order valence-corrected chi connectivity index (χ4v) is 4.35. The number of hydrogen-bond acceptors (Lipinski definition) is 5. The van der Waals surface area contributed by atoms with Crippen molar-refractivity contribution in [2.24, 2.45) is 5.92 Å². The van der Waals surface area contributed by atoms with Crippen LogP contribution < -0.4 is 0 Å². The lowest BCUT2D eigenvalue weighted by molar-refractivity contribution is -0.147. The Bertz CT molecular complexity index is 601. The lowest BCUT2D eigenvalue weighted by Gasteiger charge is -2.44. The highest BCUT2D eigenvalue weighted by molar-refractivity contribution is 5.85. The monoisotopic (exact) mass is 374 g/mol. The molecule has 2 aliphatic rings. The maximum atomic E-state index is 13.3. The maximum absolute atomic E-state index is 13.3. The summed E-state index contributed by atoms with van der Waals surface area (Å²) < 4.78 is 5.45. The maximum Gasteiger partial charge on any atom is 0.242 e. The van der Waals surface area contributed by atoms with Gasteiger partial charge in [-0.1, -0.05) is 6.07 Å². The van der Waals surface area contributed by atoms with Crippen LogP contribution in [0.25, 0.3) is 0 Å². The Hall–Kier alpha value is -1.50. The van der Waals surface area contributed by atoms with Gasteiger partial charge >= 0.3 is 0 Å². The molecular weight excluding hydrogens is 340 g/mol. The second kappa shape index (κ2) is 9.13. The first-order valence-corrected chi connectivity index (χ1v) is 10.2. The molecule has 150 valence electrons. The predicted molar refractivity (Wildman–Crippen MR) is 106 cm³/mol. The average Bonchev–Trinajstić information content (AvgIpc) is 2.69. The number of aromatic nitrogens is 1. The number of amides is 1. The van der Waals surface area contributed by atoms with Gasteiger partial charge in [-0.15, -0.1) is 0 Å². The summed E-state index contributed by atoms with van der Waals surface area (Å²) in [5.41, 5.74) is 0.782. The van der Waals surface area contributed by atoms with Crippen LogP contribution in [0.15, 0.2) is 24.5 Å². The van der Waals surface area contributed by atoms with E-state index in [0.29, 0.717) is 5.92 Å². The molecular formula is C21H34N4O2. The van der Waals surface area contributed by atoms with Crippen LogP contribution in [0.1, 0.15) is 32.3 Å². The van der Waals surface area contributed by atoms with Gasteiger partial charge in [-0.2, -0.15) is 0 Å². The molecule has 27 heavy (non-hydrogen) atoms. The Morgan fingerprint density at radius 2 is 2.11 bits per heavy atom. The molecule has 6 heteroatoms. The molecule has 0 radical (unpaired) electrons. The summed E-state index contributed by atoms with van der Waals surface area (Å²) in [5.74, 6) is 0.800. The molecule has 0 bridgehead atoms. The van der Waals surface area contributed by atoms with Gasteiger partial charge in [0.05, 0.1) is 18.8 Å². The standard InChI is InChI=1S/C21H34N4O2/c1-21(2,25-10-12-27-13-11-25)20(26)24-9-5-7-19(17-24)16-23(3)15-18-6-4-8-22-14-18/h4,6,8,14,19H,5,7,9-13,15-17H2,1-3H3. The number of ether oxygens (including phenoxy) is 1. The Morgan fingerprint density at radius 3 is 2.81 bits per heavy atom. The van der Waals surface area contributed by atoms with E-state index in [1.165, 1.54) is 12.0 Å². The van der Waals surface area contributed by atoms with Crippen LogP contribution in [-0.2, 0) is 16.1 Å². The lowest BCUT2D eigenvalue weighted by Crippen LogP contribution is -2.60. The van der Waals surface area contributed by atoms with E-state index >= 15 is 0 Å². The van der Waals surface area contributed by atoms with E-state index in [0.717, 1.165) is 58.9 Å². The van der Waals surface area contributed by atoms with Crippen LogP contribution in [-0.4, -0.2) is 84.1 Å². The third kappa shape index (κ3) is 5.27. The van der Waals surface area contributed by atoms with Gasteiger partial charge in [0.15, 0.2) is 0 Å². The van der Waals surface area contributed by atoms with Crippen molar-refractivity contribution in [2.75, 3.05) is 53.0 Å². The van der Waals surface area contributed by atoms with Crippen molar-refractivity contribution in [3.05, 3.63) is 30.1 Å². The number of carbonyl (C=O) groups excluding carboxylic acids is 1. The van der Waals surface area contributed by atoms with Gasteiger partial charge in [-0.25, -0.2) is 0 Å². The topological polar surface area (TPSA) is 48.9 Å². The van der Waals surface area contributed by atoms with E-state index in [-0.39, 0.29) is 5.91 Å². The van der Waals surface area contributed by atoms with Crippen LogP contribution >= 0.6 is 0 Å². The summed E-state index contributed by atoms with van der Waals surface area (Å²) in [6.45, 7) is 10.9. The van der Waals surface area contributed by atoms with E-state index < -0.39 is 5.54 Å². The molecule has 6 nitrogen and oxygen atoms in total. The summed E-state index contributed by atoms with van der Waals surface area (Å²) in [7, 11) is 2.16. The SMILES string of the molecule is CN(Cc1cccnc1)CC1CCCN(C(=O)C(C)(C)N2CCOCC2)C1. The van der Waals surface area contributed by atoms with Crippen molar-refractivity contribution in [3.63, 3.8) is 0 Å². The minimum Gasteiger partial charge on any atom is -0.379 e. The summed E-state index contributed by atoms with van der Waals surface area (Å²) in [4.78, 5) is 24.2. The fourth-order valence-electron chi connectivity index (χ4n) is 4.35. The van der Waals surface area contributed by atoms with Crippen molar-refractivity contribution in [2.45, 2.75) is 38.8 Å². The van der Waals surface area contributed by atoms with Gasteiger partial charge in [0, 0.05) is 51.7 Å². The molecule has 1 aromatic heterocycles. The number of carbonyl (C=O) groups is 1. The summed E-state index contributed by atoms with van der Waals surface area (Å²) in [6.07, 6.45) is 6.03. The van der Waals surface area contributed by atoms with Gasteiger partial charge in [0.1, 0.15) is 0 Å². The molecule has 1 atom stereocenters. The second-order valence-corrected chi connectivity index (χ2v) is 8.48. The van der Waals surface area contributed by atoms with Gasteiger partial charge in [-0.05, 0) is 51.3 Å². The largest absolute Gasteiger partial charge is 0.379 e. The molecule has 0 N–H and O–H groups in total. The molecule has 0 aromatic carbocycles. The Kier molecular flexibility index (Phi) is 6.84. The molecule has 0 aliphatic carbocycles. The van der Waals surface area contributed by atoms with Crippen LogP contribution in [0, 0.1) is 5.92 Å². The number of hydrogen-bond donors (Lipinski definition) is 0. The number of rotatable bonds is 6. The smallest absolute Gasteiger partial charge is 0.242 e. The molecule has 0 spiro atoms. The van der Waals surface area contributed by atoms with E-state index in [1.54, 1.807) is 0 Å². The third-order valence-electron chi connectivity index (χ3n) is 5.88. The van der Waals surface area contributed by atoms with Crippen molar-refractivity contribution in [1.29, 1.82) is 0 Å². The molecule has 1 amide bonds. The highest BCUT2D eigenvalue weighted by atomic mass is 16.5. The average molecular weight is 375 g/mol. The summed E-state index contributed by atoms with van der Waals surface area (Å²) >= 11 is 0. The Labute approximate surface area is 163 Å². The molecule has 2 saturated heterocycles. The fraction of sp³-hybridized carbons (Fsp3) is 0.714. The minimum atomic E-state index is -0.451.